The van der Waals surface area contributed by atoms with Crippen molar-refractivity contribution in [1.29, 1.82) is 0 Å². The Kier molecular flexibility index (Phi) is 4.35. The average Bonchev–Trinajstić information content (AvgIpc) is 3.10. The van der Waals surface area contributed by atoms with Gasteiger partial charge in [-0.15, -0.1) is 11.3 Å². The van der Waals surface area contributed by atoms with E-state index in [0.717, 1.165) is 61.2 Å². The Morgan fingerprint density at radius 3 is 2.81 bits per heavy atom. The van der Waals surface area contributed by atoms with Crippen LogP contribution < -0.4 is 5.32 Å². The van der Waals surface area contributed by atoms with Gasteiger partial charge in [0.25, 0.3) is 0 Å². The maximum absolute atomic E-state index is 5.63. The van der Waals surface area contributed by atoms with Crippen LogP contribution in [0.4, 0.5) is 0 Å². The molecule has 0 atom stereocenters. The molecule has 3 heterocycles. The number of thiazole rings is 1. The standard InChI is InChI=1S/C15H22N4OS/c1-3-4-15(5-7-16-8-6-15)14-18-13(19-20-14)9-12-10-21-11(2)17-12/h10,16H,3-9H2,1-2H3. The molecule has 5 nitrogen and oxygen atoms in total. The van der Waals surface area contributed by atoms with Crippen LogP contribution in [0.25, 0.3) is 0 Å². The Hall–Kier alpha value is -1.27. The molecule has 6 heteroatoms. The lowest BCUT2D eigenvalue weighted by atomic mass is 9.75. The van der Waals surface area contributed by atoms with E-state index in [4.69, 9.17) is 4.52 Å². The van der Waals surface area contributed by atoms with Crippen LogP contribution in [0.2, 0.25) is 0 Å². The summed E-state index contributed by atoms with van der Waals surface area (Å²) in [5.41, 5.74) is 1.10. The fourth-order valence-electron chi connectivity index (χ4n) is 3.15. The van der Waals surface area contributed by atoms with Crippen LogP contribution in [0.1, 0.15) is 55.0 Å². The predicted octanol–water partition coefficient (Wildman–Crippen LogP) is 2.85. The second-order valence-corrected chi connectivity index (χ2v) is 6.89. The Morgan fingerprint density at radius 2 is 2.14 bits per heavy atom. The lowest BCUT2D eigenvalue weighted by Gasteiger charge is -2.34. The van der Waals surface area contributed by atoms with Gasteiger partial charge < -0.3 is 9.84 Å². The van der Waals surface area contributed by atoms with Gasteiger partial charge in [0.05, 0.1) is 22.5 Å². The van der Waals surface area contributed by atoms with E-state index < -0.39 is 0 Å². The SMILES string of the molecule is CCCC1(c2nc(Cc3csc(C)n3)no2)CCNCC1. The summed E-state index contributed by atoms with van der Waals surface area (Å²) in [5, 5.41) is 10.7. The van der Waals surface area contributed by atoms with Gasteiger partial charge in [-0.05, 0) is 39.3 Å². The molecule has 0 unspecified atom stereocenters. The van der Waals surface area contributed by atoms with Crippen LogP contribution in [0, 0.1) is 6.92 Å². The fourth-order valence-corrected chi connectivity index (χ4v) is 3.76. The van der Waals surface area contributed by atoms with E-state index in [2.05, 4.69) is 32.7 Å². The molecule has 2 aromatic heterocycles. The quantitative estimate of drug-likeness (QED) is 0.920. The highest BCUT2D eigenvalue weighted by Crippen LogP contribution is 2.36. The summed E-state index contributed by atoms with van der Waals surface area (Å²) in [6.45, 7) is 6.30. The van der Waals surface area contributed by atoms with E-state index >= 15 is 0 Å². The minimum absolute atomic E-state index is 0.0727. The smallest absolute Gasteiger partial charge is 0.232 e. The molecule has 0 amide bonds. The van der Waals surface area contributed by atoms with Gasteiger partial charge in [0.2, 0.25) is 5.89 Å². The number of hydrogen-bond donors (Lipinski definition) is 1. The summed E-state index contributed by atoms with van der Waals surface area (Å²) >= 11 is 1.66. The van der Waals surface area contributed by atoms with Gasteiger partial charge in [-0.3, -0.25) is 0 Å². The van der Waals surface area contributed by atoms with E-state index in [9.17, 15) is 0 Å². The lowest BCUT2D eigenvalue weighted by Crippen LogP contribution is -2.40. The van der Waals surface area contributed by atoms with Crippen LogP contribution in [0.3, 0.4) is 0 Å². The largest absolute Gasteiger partial charge is 0.339 e. The first-order valence-corrected chi connectivity index (χ1v) is 8.54. The molecule has 2 aromatic rings. The molecule has 0 spiro atoms. The van der Waals surface area contributed by atoms with E-state index in [1.807, 2.05) is 6.92 Å². The van der Waals surface area contributed by atoms with Crippen molar-refractivity contribution in [3.8, 4) is 0 Å². The first-order valence-electron chi connectivity index (χ1n) is 7.67. The summed E-state index contributed by atoms with van der Waals surface area (Å²) in [6, 6.07) is 0. The van der Waals surface area contributed by atoms with Crippen LogP contribution in [0.5, 0.6) is 0 Å². The molecule has 0 saturated carbocycles. The third-order valence-corrected chi connectivity index (χ3v) is 5.04. The highest BCUT2D eigenvalue weighted by Gasteiger charge is 2.38. The third-order valence-electron chi connectivity index (χ3n) is 4.22. The molecule has 1 N–H and O–H groups in total. The van der Waals surface area contributed by atoms with Crippen molar-refractivity contribution in [2.24, 2.45) is 0 Å². The van der Waals surface area contributed by atoms with Crippen molar-refractivity contribution in [3.05, 3.63) is 27.8 Å². The highest BCUT2D eigenvalue weighted by molar-refractivity contribution is 7.09. The van der Waals surface area contributed by atoms with Gasteiger partial charge in [-0.2, -0.15) is 4.98 Å². The number of piperidine rings is 1. The molecule has 1 aliphatic rings. The lowest BCUT2D eigenvalue weighted by molar-refractivity contribution is 0.208. The van der Waals surface area contributed by atoms with Gasteiger partial charge in [0, 0.05) is 5.38 Å². The number of rotatable bonds is 5. The molecule has 3 rings (SSSR count). The fraction of sp³-hybridized carbons (Fsp3) is 0.667. The third kappa shape index (κ3) is 3.16. The van der Waals surface area contributed by atoms with Crippen molar-refractivity contribution in [3.63, 3.8) is 0 Å². The second kappa shape index (κ2) is 6.23. The Labute approximate surface area is 129 Å². The number of hydrogen-bond acceptors (Lipinski definition) is 6. The zero-order valence-electron chi connectivity index (χ0n) is 12.7. The summed E-state index contributed by atoms with van der Waals surface area (Å²) in [7, 11) is 0. The van der Waals surface area contributed by atoms with E-state index in [1.165, 1.54) is 0 Å². The summed E-state index contributed by atoms with van der Waals surface area (Å²) in [6.07, 6.45) is 5.08. The van der Waals surface area contributed by atoms with Crippen LogP contribution in [-0.2, 0) is 11.8 Å². The number of nitrogens with one attached hydrogen (secondary N) is 1. The summed E-state index contributed by atoms with van der Waals surface area (Å²) in [5.74, 6) is 1.58. The number of aromatic nitrogens is 3. The zero-order valence-corrected chi connectivity index (χ0v) is 13.5. The van der Waals surface area contributed by atoms with Crippen molar-refractivity contribution >= 4 is 11.3 Å². The number of aryl methyl sites for hydroxylation is 1. The highest BCUT2D eigenvalue weighted by atomic mass is 32.1. The Bertz CT molecular complexity index is 581. The molecular weight excluding hydrogens is 284 g/mol. The van der Waals surface area contributed by atoms with Crippen LogP contribution >= 0.6 is 11.3 Å². The van der Waals surface area contributed by atoms with E-state index in [0.29, 0.717) is 6.42 Å². The van der Waals surface area contributed by atoms with Crippen molar-refractivity contribution < 1.29 is 4.52 Å². The van der Waals surface area contributed by atoms with Gasteiger partial charge in [0.1, 0.15) is 0 Å². The molecular formula is C15H22N4OS. The molecule has 1 aliphatic heterocycles. The Balaban J connectivity index is 1.78. The monoisotopic (exact) mass is 306 g/mol. The second-order valence-electron chi connectivity index (χ2n) is 5.83. The topological polar surface area (TPSA) is 63.8 Å². The van der Waals surface area contributed by atoms with Gasteiger partial charge >= 0.3 is 0 Å². The van der Waals surface area contributed by atoms with Crippen molar-refractivity contribution in [2.75, 3.05) is 13.1 Å². The number of nitrogens with zero attached hydrogens (tertiary/aromatic N) is 3. The minimum Gasteiger partial charge on any atom is -0.339 e. The molecule has 0 bridgehead atoms. The van der Waals surface area contributed by atoms with E-state index in [1.54, 1.807) is 11.3 Å². The summed E-state index contributed by atoms with van der Waals surface area (Å²) < 4.78 is 5.63. The average molecular weight is 306 g/mol. The maximum atomic E-state index is 5.63. The molecule has 21 heavy (non-hydrogen) atoms. The maximum Gasteiger partial charge on any atom is 0.232 e. The van der Waals surface area contributed by atoms with Crippen LogP contribution in [-0.4, -0.2) is 28.2 Å². The van der Waals surface area contributed by atoms with Gasteiger partial charge in [-0.1, -0.05) is 18.5 Å². The first kappa shape index (κ1) is 14.7. The molecule has 1 fully saturated rings. The molecule has 114 valence electrons. The molecule has 0 aliphatic carbocycles. The summed E-state index contributed by atoms with van der Waals surface area (Å²) in [4.78, 5) is 9.16. The predicted molar refractivity (Wildman–Crippen MR) is 82.6 cm³/mol. The van der Waals surface area contributed by atoms with Gasteiger partial charge in [0.15, 0.2) is 5.82 Å². The minimum atomic E-state index is 0.0727. The first-order chi connectivity index (χ1) is 10.2. The van der Waals surface area contributed by atoms with Gasteiger partial charge in [-0.25, -0.2) is 4.98 Å². The van der Waals surface area contributed by atoms with Crippen LogP contribution in [0.15, 0.2) is 9.90 Å². The van der Waals surface area contributed by atoms with Crippen molar-refractivity contribution in [2.45, 2.75) is 51.4 Å². The molecule has 0 radical (unpaired) electrons. The Morgan fingerprint density at radius 1 is 1.33 bits per heavy atom. The normalized spacial score (nSPS) is 18.0. The zero-order chi connectivity index (χ0) is 14.7. The van der Waals surface area contributed by atoms with E-state index in [-0.39, 0.29) is 5.41 Å². The molecule has 0 aromatic carbocycles. The molecule has 1 saturated heterocycles. The van der Waals surface area contributed by atoms with Crippen molar-refractivity contribution in [1.82, 2.24) is 20.4 Å².